The van der Waals surface area contributed by atoms with Gasteiger partial charge in [0.25, 0.3) is 0 Å². The molecule has 1 unspecified atom stereocenters. The minimum absolute atomic E-state index is 0.114. The van der Waals surface area contributed by atoms with Crippen LogP contribution in [0, 0.1) is 0 Å². The fourth-order valence-corrected chi connectivity index (χ4v) is 1.57. The topological polar surface area (TPSA) is 37.8 Å². The largest absolute Gasteiger partial charge is 0.433 e. The van der Waals surface area contributed by atoms with Crippen LogP contribution < -0.4 is 5.32 Å². The predicted octanol–water partition coefficient (Wildman–Crippen LogP) is 2.43. The van der Waals surface area contributed by atoms with E-state index in [-0.39, 0.29) is 11.9 Å². The minimum Gasteiger partial charge on any atom is -0.317 e. The van der Waals surface area contributed by atoms with E-state index >= 15 is 0 Å². The molecule has 0 aliphatic heterocycles. The first kappa shape index (κ1) is 13.9. The molecule has 0 bridgehead atoms. The number of hydrogen-bond acceptors (Lipinski definition) is 3. The first-order valence-electron chi connectivity index (χ1n) is 5.53. The molecule has 0 spiro atoms. The van der Waals surface area contributed by atoms with Crippen LogP contribution in [0.15, 0.2) is 12.3 Å². The van der Waals surface area contributed by atoms with Crippen LogP contribution in [0.4, 0.5) is 13.2 Å². The number of alkyl halides is 3. The Morgan fingerprint density at radius 2 is 2.12 bits per heavy atom. The van der Waals surface area contributed by atoms with Gasteiger partial charge in [-0.3, -0.25) is 0 Å². The van der Waals surface area contributed by atoms with Crippen molar-refractivity contribution in [3.05, 3.63) is 23.8 Å². The molecule has 1 aromatic heterocycles. The average molecular weight is 247 g/mol. The zero-order chi connectivity index (χ0) is 12.9. The summed E-state index contributed by atoms with van der Waals surface area (Å²) in [5, 5.41) is 3.05. The Balaban J connectivity index is 2.78. The fourth-order valence-electron chi connectivity index (χ4n) is 1.57. The molecule has 0 amide bonds. The standard InChI is InChI=1S/C11H16F3N3/c1-3-4-8(15-2)7-10-16-6-5-9(17-10)11(12,13)14/h5-6,8,15H,3-4,7H2,1-2H3. The maximum Gasteiger partial charge on any atom is 0.433 e. The summed E-state index contributed by atoms with van der Waals surface area (Å²) in [5.41, 5.74) is -0.881. The van der Waals surface area contributed by atoms with Gasteiger partial charge in [-0.2, -0.15) is 13.2 Å². The number of nitrogens with zero attached hydrogens (tertiary/aromatic N) is 2. The van der Waals surface area contributed by atoms with Crippen molar-refractivity contribution >= 4 is 0 Å². The van der Waals surface area contributed by atoms with E-state index in [4.69, 9.17) is 0 Å². The smallest absolute Gasteiger partial charge is 0.317 e. The molecule has 3 nitrogen and oxygen atoms in total. The minimum atomic E-state index is -4.41. The van der Waals surface area contributed by atoms with E-state index in [1.165, 1.54) is 0 Å². The third-order valence-corrected chi connectivity index (χ3v) is 2.47. The summed E-state index contributed by atoms with van der Waals surface area (Å²) in [6.45, 7) is 2.03. The SMILES string of the molecule is CCCC(Cc1nccc(C(F)(F)F)n1)NC. The van der Waals surface area contributed by atoms with Gasteiger partial charge < -0.3 is 5.32 Å². The number of hydrogen-bond donors (Lipinski definition) is 1. The van der Waals surface area contributed by atoms with Gasteiger partial charge in [0.05, 0.1) is 0 Å². The van der Waals surface area contributed by atoms with Gasteiger partial charge in [0.2, 0.25) is 0 Å². The van der Waals surface area contributed by atoms with Gasteiger partial charge in [-0.1, -0.05) is 13.3 Å². The molecule has 0 aromatic carbocycles. The third kappa shape index (κ3) is 4.30. The Bertz CT molecular complexity index is 352. The fraction of sp³-hybridized carbons (Fsp3) is 0.636. The number of rotatable bonds is 5. The average Bonchev–Trinajstić information content (AvgIpc) is 2.28. The van der Waals surface area contributed by atoms with Crippen LogP contribution in [-0.2, 0) is 12.6 Å². The van der Waals surface area contributed by atoms with E-state index in [2.05, 4.69) is 15.3 Å². The number of aromatic nitrogens is 2. The molecule has 0 aliphatic carbocycles. The lowest BCUT2D eigenvalue weighted by molar-refractivity contribution is -0.141. The van der Waals surface area contributed by atoms with Gasteiger partial charge in [0.1, 0.15) is 11.5 Å². The third-order valence-electron chi connectivity index (χ3n) is 2.47. The highest BCUT2D eigenvalue weighted by Crippen LogP contribution is 2.27. The summed E-state index contributed by atoms with van der Waals surface area (Å²) in [5.74, 6) is 0.229. The van der Waals surface area contributed by atoms with E-state index in [0.29, 0.717) is 6.42 Å². The molecule has 0 radical (unpaired) electrons. The van der Waals surface area contributed by atoms with Crippen molar-refractivity contribution in [2.24, 2.45) is 0 Å². The monoisotopic (exact) mass is 247 g/mol. The Labute approximate surface area is 98.5 Å². The van der Waals surface area contributed by atoms with Crippen LogP contribution in [0.1, 0.15) is 31.3 Å². The molecule has 0 aliphatic rings. The summed E-state index contributed by atoms with van der Waals surface area (Å²) < 4.78 is 37.3. The molecule has 0 fully saturated rings. The Morgan fingerprint density at radius 3 is 2.65 bits per heavy atom. The van der Waals surface area contributed by atoms with Gasteiger partial charge in [-0.05, 0) is 19.5 Å². The molecule has 1 aromatic rings. The van der Waals surface area contributed by atoms with Crippen molar-refractivity contribution in [2.45, 2.75) is 38.4 Å². The molecule has 0 saturated heterocycles. The maximum atomic E-state index is 12.4. The second-order valence-electron chi connectivity index (χ2n) is 3.83. The molecule has 6 heteroatoms. The molecule has 0 saturated carbocycles. The summed E-state index contributed by atoms with van der Waals surface area (Å²) in [6.07, 6.45) is -0.990. The van der Waals surface area contributed by atoms with Crippen LogP contribution >= 0.6 is 0 Å². The lowest BCUT2D eigenvalue weighted by atomic mass is 10.1. The zero-order valence-electron chi connectivity index (χ0n) is 9.88. The van der Waals surface area contributed by atoms with Gasteiger partial charge in [-0.15, -0.1) is 0 Å². The zero-order valence-corrected chi connectivity index (χ0v) is 9.88. The molecular weight excluding hydrogens is 231 g/mol. The van der Waals surface area contributed by atoms with E-state index in [0.717, 1.165) is 25.1 Å². The predicted molar refractivity (Wildman–Crippen MR) is 58.5 cm³/mol. The van der Waals surface area contributed by atoms with Crippen LogP contribution in [0.25, 0.3) is 0 Å². The van der Waals surface area contributed by atoms with E-state index in [9.17, 15) is 13.2 Å². The van der Waals surface area contributed by atoms with Crippen LogP contribution in [0.5, 0.6) is 0 Å². The second-order valence-corrected chi connectivity index (χ2v) is 3.83. The van der Waals surface area contributed by atoms with Gasteiger partial charge >= 0.3 is 6.18 Å². The van der Waals surface area contributed by atoms with Crippen molar-refractivity contribution in [3.63, 3.8) is 0 Å². The molecular formula is C11H16F3N3. The molecule has 1 rings (SSSR count). The van der Waals surface area contributed by atoms with Crippen LogP contribution in [0.2, 0.25) is 0 Å². The summed E-state index contributed by atoms with van der Waals surface area (Å²) in [6, 6.07) is 1.00. The van der Waals surface area contributed by atoms with Crippen molar-refractivity contribution in [1.82, 2.24) is 15.3 Å². The first-order valence-corrected chi connectivity index (χ1v) is 5.53. The van der Waals surface area contributed by atoms with Crippen LogP contribution in [0.3, 0.4) is 0 Å². The lowest BCUT2D eigenvalue weighted by Crippen LogP contribution is -2.28. The summed E-state index contributed by atoms with van der Waals surface area (Å²) in [7, 11) is 1.79. The van der Waals surface area contributed by atoms with E-state index in [1.807, 2.05) is 6.92 Å². The van der Waals surface area contributed by atoms with Crippen LogP contribution in [-0.4, -0.2) is 23.1 Å². The summed E-state index contributed by atoms with van der Waals surface area (Å²) in [4.78, 5) is 7.41. The van der Waals surface area contributed by atoms with Gasteiger partial charge in [0.15, 0.2) is 0 Å². The normalized spacial score (nSPS) is 13.7. The number of likely N-dealkylation sites (N-methyl/N-ethyl adjacent to an activating group) is 1. The van der Waals surface area contributed by atoms with Crippen molar-refractivity contribution in [1.29, 1.82) is 0 Å². The van der Waals surface area contributed by atoms with Gasteiger partial charge in [-0.25, -0.2) is 9.97 Å². The highest BCUT2D eigenvalue weighted by atomic mass is 19.4. The van der Waals surface area contributed by atoms with Gasteiger partial charge in [0, 0.05) is 18.7 Å². The molecule has 1 heterocycles. The molecule has 1 atom stereocenters. The highest BCUT2D eigenvalue weighted by molar-refractivity contribution is 5.06. The Kier molecular flexibility index (Phi) is 4.86. The van der Waals surface area contributed by atoms with Crippen molar-refractivity contribution in [2.75, 3.05) is 7.05 Å². The highest BCUT2D eigenvalue weighted by Gasteiger charge is 2.32. The Hall–Kier alpha value is -1.17. The Morgan fingerprint density at radius 1 is 1.41 bits per heavy atom. The van der Waals surface area contributed by atoms with Crippen molar-refractivity contribution < 1.29 is 13.2 Å². The first-order chi connectivity index (χ1) is 7.97. The number of halogens is 3. The maximum absolute atomic E-state index is 12.4. The summed E-state index contributed by atoms with van der Waals surface area (Å²) >= 11 is 0. The number of nitrogens with one attached hydrogen (secondary N) is 1. The van der Waals surface area contributed by atoms with E-state index in [1.54, 1.807) is 7.05 Å². The molecule has 17 heavy (non-hydrogen) atoms. The molecule has 1 N–H and O–H groups in total. The quantitative estimate of drug-likeness (QED) is 0.868. The second kappa shape index (κ2) is 5.95. The molecule has 96 valence electrons. The van der Waals surface area contributed by atoms with E-state index < -0.39 is 11.9 Å². The lowest BCUT2D eigenvalue weighted by Gasteiger charge is -2.14. The van der Waals surface area contributed by atoms with Crippen molar-refractivity contribution in [3.8, 4) is 0 Å².